The van der Waals surface area contributed by atoms with Crippen molar-refractivity contribution in [3.63, 3.8) is 0 Å². The first-order chi connectivity index (χ1) is 6.76. The molecule has 0 aliphatic carbocycles. The van der Waals surface area contributed by atoms with Crippen LogP contribution in [-0.2, 0) is 6.42 Å². The first-order valence-electron chi connectivity index (χ1n) is 4.81. The number of aryl methyl sites for hydroxylation is 1. The van der Waals surface area contributed by atoms with Crippen LogP contribution in [0, 0.1) is 5.92 Å². The highest BCUT2D eigenvalue weighted by Gasteiger charge is 2.02. The predicted octanol–water partition coefficient (Wildman–Crippen LogP) is 1.73. The van der Waals surface area contributed by atoms with E-state index in [4.69, 9.17) is 5.73 Å². The van der Waals surface area contributed by atoms with Gasteiger partial charge in [-0.2, -0.15) is 0 Å². The number of hydrogen-bond acceptors (Lipinski definition) is 4. The van der Waals surface area contributed by atoms with Gasteiger partial charge in [-0.05, 0) is 25.1 Å². The highest BCUT2D eigenvalue weighted by atomic mass is 32.2. The zero-order valence-corrected chi connectivity index (χ0v) is 9.55. The van der Waals surface area contributed by atoms with Crippen molar-refractivity contribution in [1.82, 2.24) is 9.97 Å². The van der Waals surface area contributed by atoms with E-state index in [2.05, 4.69) is 16.9 Å². The maximum Gasteiger partial charge on any atom is 0.128 e. The minimum atomic E-state index is 0.554. The van der Waals surface area contributed by atoms with E-state index in [1.54, 1.807) is 11.8 Å². The third-order valence-corrected chi connectivity index (χ3v) is 2.86. The Bertz CT molecular complexity index is 261. The number of rotatable bonds is 5. The van der Waals surface area contributed by atoms with E-state index in [0.717, 1.165) is 30.1 Å². The number of nitrogens with zero attached hydrogens (tertiary/aromatic N) is 2. The molecule has 0 saturated heterocycles. The summed E-state index contributed by atoms with van der Waals surface area (Å²) in [6, 6.07) is 0. The number of hydrogen-bond donors (Lipinski definition) is 1. The van der Waals surface area contributed by atoms with E-state index in [9.17, 15) is 0 Å². The molecule has 0 amide bonds. The summed E-state index contributed by atoms with van der Waals surface area (Å²) >= 11 is 1.66. The molecule has 0 radical (unpaired) electrons. The molecule has 14 heavy (non-hydrogen) atoms. The number of aromatic nitrogens is 2. The summed E-state index contributed by atoms with van der Waals surface area (Å²) in [5.41, 5.74) is 5.54. The predicted molar refractivity (Wildman–Crippen MR) is 60.4 cm³/mol. The van der Waals surface area contributed by atoms with Crippen LogP contribution in [0.2, 0.25) is 0 Å². The summed E-state index contributed by atoms with van der Waals surface area (Å²) in [6.45, 7) is 2.89. The number of thioether (sulfide) groups is 1. The van der Waals surface area contributed by atoms with Gasteiger partial charge in [-0.25, -0.2) is 9.97 Å². The summed E-state index contributed by atoms with van der Waals surface area (Å²) in [6.07, 6.45) is 7.76. The van der Waals surface area contributed by atoms with Crippen LogP contribution in [0.15, 0.2) is 17.3 Å². The van der Waals surface area contributed by atoms with Crippen LogP contribution in [0.25, 0.3) is 0 Å². The second-order valence-corrected chi connectivity index (χ2v) is 4.30. The summed E-state index contributed by atoms with van der Waals surface area (Å²) in [4.78, 5) is 9.68. The van der Waals surface area contributed by atoms with Gasteiger partial charge in [-0.3, -0.25) is 0 Å². The molecule has 1 heterocycles. The molecule has 4 heteroatoms. The second kappa shape index (κ2) is 5.98. The molecule has 0 bridgehead atoms. The Morgan fingerprint density at radius 1 is 1.43 bits per heavy atom. The SMILES string of the molecule is CSc1cnc(CCC(C)CN)nc1. The van der Waals surface area contributed by atoms with Crippen molar-refractivity contribution in [2.45, 2.75) is 24.7 Å². The maximum absolute atomic E-state index is 5.54. The molecule has 3 nitrogen and oxygen atoms in total. The lowest BCUT2D eigenvalue weighted by atomic mass is 10.1. The van der Waals surface area contributed by atoms with Crippen molar-refractivity contribution in [2.24, 2.45) is 11.7 Å². The van der Waals surface area contributed by atoms with Gasteiger partial charge in [0.2, 0.25) is 0 Å². The zero-order chi connectivity index (χ0) is 10.4. The van der Waals surface area contributed by atoms with Crippen molar-refractivity contribution >= 4 is 11.8 Å². The molecule has 0 aromatic carbocycles. The fourth-order valence-corrected chi connectivity index (χ4v) is 1.39. The molecule has 1 aromatic heterocycles. The lowest BCUT2D eigenvalue weighted by molar-refractivity contribution is 0.535. The van der Waals surface area contributed by atoms with E-state index in [1.165, 1.54) is 0 Å². The van der Waals surface area contributed by atoms with E-state index in [0.29, 0.717) is 5.92 Å². The smallest absolute Gasteiger partial charge is 0.128 e. The summed E-state index contributed by atoms with van der Waals surface area (Å²) < 4.78 is 0. The zero-order valence-electron chi connectivity index (χ0n) is 8.73. The Kier molecular flexibility index (Phi) is 4.90. The van der Waals surface area contributed by atoms with E-state index in [1.807, 2.05) is 18.6 Å². The van der Waals surface area contributed by atoms with E-state index >= 15 is 0 Å². The van der Waals surface area contributed by atoms with Crippen LogP contribution < -0.4 is 5.73 Å². The van der Waals surface area contributed by atoms with Gasteiger partial charge in [0.05, 0.1) is 0 Å². The summed E-state index contributed by atoms with van der Waals surface area (Å²) in [5.74, 6) is 1.47. The quantitative estimate of drug-likeness (QED) is 0.754. The molecule has 0 saturated carbocycles. The molecule has 0 aliphatic rings. The monoisotopic (exact) mass is 211 g/mol. The van der Waals surface area contributed by atoms with Gasteiger partial charge in [-0.1, -0.05) is 6.92 Å². The molecular formula is C10H17N3S. The summed E-state index contributed by atoms with van der Waals surface area (Å²) in [5, 5.41) is 0. The van der Waals surface area contributed by atoms with Crippen molar-refractivity contribution in [2.75, 3.05) is 12.8 Å². The van der Waals surface area contributed by atoms with Gasteiger partial charge in [0, 0.05) is 23.7 Å². The minimum Gasteiger partial charge on any atom is -0.330 e. The topological polar surface area (TPSA) is 51.8 Å². The molecule has 1 rings (SSSR count). The average molecular weight is 211 g/mol. The van der Waals surface area contributed by atoms with Crippen LogP contribution in [0.4, 0.5) is 0 Å². The van der Waals surface area contributed by atoms with Crippen molar-refractivity contribution < 1.29 is 0 Å². The van der Waals surface area contributed by atoms with Gasteiger partial charge >= 0.3 is 0 Å². The van der Waals surface area contributed by atoms with Crippen LogP contribution in [-0.4, -0.2) is 22.8 Å². The average Bonchev–Trinajstić information content (AvgIpc) is 2.26. The highest BCUT2D eigenvalue weighted by Crippen LogP contribution is 2.11. The second-order valence-electron chi connectivity index (χ2n) is 3.42. The van der Waals surface area contributed by atoms with Crippen molar-refractivity contribution in [3.05, 3.63) is 18.2 Å². The lowest BCUT2D eigenvalue weighted by Crippen LogP contribution is -2.12. The minimum absolute atomic E-state index is 0.554. The molecular weight excluding hydrogens is 194 g/mol. The van der Waals surface area contributed by atoms with Gasteiger partial charge in [0.1, 0.15) is 5.82 Å². The molecule has 1 atom stereocenters. The van der Waals surface area contributed by atoms with Crippen molar-refractivity contribution in [3.8, 4) is 0 Å². The molecule has 1 aromatic rings. The Morgan fingerprint density at radius 3 is 2.57 bits per heavy atom. The Hall–Kier alpha value is -0.610. The standard InChI is InChI=1S/C10H17N3S/c1-8(5-11)3-4-10-12-6-9(14-2)7-13-10/h6-8H,3-5,11H2,1-2H3. The molecule has 2 N–H and O–H groups in total. The number of nitrogens with two attached hydrogens (primary N) is 1. The molecule has 78 valence electrons. The molecule has 0 aliphatic heterocycles. The molecule has 1 unspecified atom stereocenters. The van der Waals surface area contributed by atoms with Gasteiger partial charge in [-0.15, -0.1) is 11.8 Å². The molecule has 0 spiro atoms. The van der Waals surface area contributed by atoms with Crippen LogP contribution >= 0.6 is 11.8 Å². The normalized spacial score (nSPS) is 12.8. The fraction of sp³-hybridized carbons (Fsp3) is 0.600. The Balaban J connectivity index is 2.43. The van der Waals surface area contributed by atoms with Gasteiger partial charge in [0.25, 0.3) is 0 Å². The Morgan fingerprint density at radius 2 is 2.07 bits per heavy atom. The van der Waals surface area contributed by atoms with Crippen LogP contribution in [0.3, 0.4) is 0 Å². The first-order valence-corrected chi connectivity index (χ1v) is 6.03. The lowest BCUT2D eigenvalue weighted by Gasteiger charge is -2.06. The van der Waals surface area contributed by atoms with Crippen LogP contribution in [0.1, 0.15) is 19.2 Å². The van der Waals surface area contributed by atoms with E-state index < -0.39 is 0 Å². The van der Waals surface area contributed by atoms with Gasteiger partial charge < -0.3 is 5.73 Å². The van der Waals surface area contributed by atoms with Crippen molar-refractivity contribution in [1.29, 1.82) is 0 Å². The Labute approximate surface area is 89.5 Å². The van der Waals surface area contributed by atoms with E-state index in [-0.39, 0.29) is 0 Å². The first kappa shape index (κ1) is 11.5. The fourth-order valence-electron chi connectivity index (χ4n) is 1.07. The highest BCUT2D eigenvalue weighted by molar-refractivity contribution is 7.98. The largest absolute Gasteiger partial charge is 0.330 e. The van der Waals surface area contributed by atoms with Gasteiger partial charge in [0.15, 0.2) is 0 Å². The third-order valence-electron chi connectivity index (χ3n) is 2.18. The third kappa shape index (κ3) is 3.64. The van der Waals surface area contributed by atoms with Crippen LogP contribution in [0.5, 0.6) is 0 Å². The molecule has 0 fully saturated rings. The maximum atomic E-state index is 5.54. The summed E-state index contributed by atoms with van der Waals surface area (Å²) in [7, 11) is 0.